The first-order valence-electron chi connectivity index (χ1n) is 9.45. The summed E-state index contributed by atoms with van der Waals surface area (Å²) in [5.41, 5.74) is 3.37. The fourth-order valence-electron chi connectivity index (χ4n) is 3.16. The third-order valence-corrected chi connectivity index (χ3v) is 5.74. The van der Waals surface area contributed by atoms with E-state index in [0.29, 0.717) is 22.7 Å². The Bertz CT molecular complexity index is 1190. The van der Waals surface area contributed by atoms with E-state index >= 15 is 0 Å². The van der Waals surface area contributed by atoms with Crippen LogP contribution in [0.3, 0.4) is 0 Å². The summed E-state index contributed by atoms with van der Waals surface area (Å²) in [6.45, 7) is 2.06. The monoisotopic (exact) mass is 542 g/mol. The van der Waals surface area contributed by atoms with Crippen LogP contribution in [0.1, 0.15) is 18.1 Å². The van der Waals surface area contributed by atoms with Crippen molar-refractivity contribution in [3.05, 3.63) is 98.2 Å². The SMILES string of the molecule is CC1=NN(c2ccccc2)C(=O)/C1=C/c1cc(Br)cc(Br)c1OCc1ccc(F)cc1. The summed E-state index contributed by atoms with van der Waals surface area (Å²) in [7, 11) is 0. The van der Waals surface area contributed by atoms with Crippen molar-refractivity contribution in [2.24, 2.45) is 5.10 Å². The Morgan fingerprint density at radius 2 is 1.77 bits per heavy atom. The second-order valence-electron chi connectivity index (χ2n) is 6.92. The Morgan fingerprint density at radius 3 is 2.48 bits per heavy atom. The van der Waals surface area contributed by atoms with Gasteiger partial charge in [-0.25, -0.2) is 4.39 Å². The number of carbonyl (C=O) groups is 1. The Kier molecular flexibility index (Phi) is 6.34. The first-order chi connectivity index (χ1) is 14.9. The highest BCUT2D eigenvalue weighted by Crippen LogP contribution is 2.36. The molecule has 0 radical (unpaired) electrons. The van der Waals surface area contributed by atoms with E-state index in [1.165, 1.54) is 17.1 Å². The van der Waals surface area contributed by atoms with Gasteiger partial charge in [-0.2, -0.15) is 10.1 Å². The van der Waals surface area contributed by atoms with Gasteiger partial charge < -0.3 is 4.74 Å². The van der Waals surface area contributed by atoms with Gasteiger partial charge in [0.1, 0.15) is 18.2 Å². The molecular weight excluding hydrogens is 527 g/mol. The molecule has 156 valence electrons. The number of carbonyl (C=O) groups excluding carboxylic acids is 1. The van der Waals surface area contributed by atoms with Crippen LogP contribution in [0.5, 0.6) is 5.75 Å². The van der Waals surface area contributed by atoms with Crippen molar-refractivity contribution in [3.63, 3.8) is 0 Å². The molecule has 1 aliphatic heterocycles. The number of benzene rings is 3. The zero-order valence-electron chi connectivity index (χ0n) is 16.5. The molecule has 3 aromatic rings. The lowest BCUT2D eigenvalue weighted by Gasteiger charge is -2.14. The van der Waals surface area contributed by atoms with Gasteiger partial charge in [-0.3, -0.25) is 4.79 Å². The molecule has 0 N–H and O–H groups in total. The van der Waals surface area contributed by atoms with Gasteiger partial charge in [-0.05, 0) is 70.9 Å². The van der Waals surface area contributed by atoms with Crippen molar-refractivity contribution in [2.75, 3.05) is 5.01 Å². The maximum Gasteiger partial charge on any atom is 0.280 e. The topological polar surface area (TPSA) is 41.9 Å². The van der Waals surface area contributed by atoms with Gasteiger partial charge in [0.2, 0.25) is 0 Å². The second-order valence-corrected chi connectivity index (χ2v) is 8.69. The van der Waals surface area contributed by atoms with Crippen molar-refractivity contribution in [1.29, 1.82) is 0 Å². The number of para-hydroxylation sites is 1. The largest absolute Gasteiger partial charge is 0.487 e. The van der Waals surface area contributed by atoms with Crippen molar-refractivity contribution in [2.45, 2.75) is 13.5 Å². The molecule has 0 aliphatic carbocycles. The molecule has 1 heterocycles. The average Bonchev–Trinajstić information content (AvgIpc) is 3.03. The van der Waals surface area contributed by atoms with Crippen LogP contribution in [0.25, 0.3) is 6.08 Å². The van der Waals surface area contributed by atoms with Crippen molar-refractivity contribution in [3.8, 4) is 5.75 Å². The maximum absolute atomic E-state index is 13.2. The summed E-state index contributed by atoms with van der Waals surface area (Å²) in [6, 6.07) is 19.2. The molecule has 3 aromatic carbocycles. The van der Waals surface area contributed by atoms with E-state index < -0.39 is 0 Å². The number of hydrogen-bond donors (Lipinski definition) is 0. The molecule has 0 unspecified atom stereocenters. The van der Waals surface area contributed by atoms with E-state index in [1.807, 2.05) is 42.5 Å². The summed E-state index contributed by atoms with van der Waals surface area (Å²) in [5.74, 6) is 0.0829. The maximum atomic E-state index is 13.2. The minimum absolute atomic E-state index is 0.204. The molecule has 0 saturated carbocycles. The molecule has 7 heteroatoms. The summed E-state index contributed by atoms with van der Waals surface area (Å²) in [4.78, 5) is 13.1. The minimum atomic E-state index is -0.295. The van der Waals surface area contributed by atoms with Crippen molar-refractivity contribution >= 4 is 55.2 Å². The standard InChI is InChI=1S/C24H17Br2FN2O2/c1-15-21(24(30)29(28-15)20-5-3-2-4-6-20)12-17-11-18(25)13-22(26)23(17)31-14-16-7-9-19(27)10-8-16/h2-13H,14H2,1H3/b21-12+. The molecular formula is C24H17Br2FN2O2. The van der Waals surface area contributed by atoms with Crippen LogP contribution >= 0.6 is 31.9 Å². The van der Waals surface area contributed by atoms with Gasteiger partial charge in [0.05, 0.1) is 21.4 Å². The number of amides is 1. The lowest BCUT2D eigenvalue weighted by atomic mass is 10.1. The van der Waals surface area contributed by atoms with Crippen molar-refractivity contribution < 1.29 is 13.9 Å². The van der Waals surface area contributed by atoms with Crippen LogP contribution < -0.4 is 9.75 Å². The normalized spacial score (nSPS) is 14.8. The Balaban J connectivity index is 1.66. The summed E-state index contributed by atoms with van der Waals surface area (Å²) in [5, 5.41) is 5.82. The molecule has 1 amide bonds. The van der Waals surface area contributed by atoms with E-state index in [4.69, 9.17) is 4.74 Å². The van der Waals surface area contributed by atoms with Crippen LogP contribution in [-0.2, 0) is 11.4 Å². The minimum Gasteiger partial charge on any atom is -0.487 e. The summed E-state index contributed by atoms with van der Waals surface area (Å²) >= 11 is 7.04. The van der Waals surface area contributed by atoms with E-state index in [9.17, 15) is 9.18 Å². The van der Waals surface area contributed by atoms with Gasteiger partial charge in [0, 0.05) is 10.0 Å². The third kappa shape index (κ3) is 4.78. The van der Waals surface area contributed by atoms with Gasteiger partial charge >= 0.3 is 0 Å². The average molecular weight is 544 g/mol. The lowest BCUT2D eigenvalue weighted by Crippen LogP contribution is -2.21. The van der Waals surface area contributed by atoms with E-state index in [-0.39, 0.29) is 18.3 Å². The smallest absolute Gasteiger partial charge is 0.280 e. The highest BCUT2D eigenvalue weighted by Gasteiger charge is 2.29. The molecule has 0 fully saturated rings. The van der Waals surface area contributed by atoms with E-state index in [0.717, 1.165) is 20.1 Å². The second kappa shape index (κ2) is 9.16. The van der Waals surface area contributed by atoms with Crippen LogP contribution in [-0.4, -0.2) is 11.6 Å². The quantitative estimate of drug-likeness (QED) is 0.334. The molecule has 0 spiro atoms. The van der Waals surface area contributed by atoms with Gasteiger partial charge in [-0.1, -0.05) is 46.3 Å². The molecule has 0 saturated heterocycles. The molecule has 1 aliphatic rings. The molecule has 4 rings (SSSR count). The lowest BCUT2D eigenvalue weighted by molar-refractivity contribution is -0.114. The van der Waals surface area contributed by atoms with Crippen LogP contribution in [0.4, 0.5) is 10.1 Å². The predicted molar refractivity (Wildman–Crippen MR) is 128 cm³/mol. The highest BCUT2D eigenvalue weighted by molar-refractivity contribution is 9.11. The number of hydrazone groups is 1. The molecule has 0 aromatic heterocycles. The fourth-order valence-corrected chi connectivity index (χ4v) is 4.53. The molecule has 4 nitrogen and oxygen atoms in total. The van der Waals surface area contributed by atoms with E-state index in [2.05, 4.69) is 37.0 Å². The molecule has 0 bridgehead atoms. The number of halogens is 3. The van der Waals surface area contributed by atoms with Crippen LogP contribution in [0, 0.1) is 5.82 Å². The highest BCUT2D eigenvalue weighted by atomic mass is 79.9. The zero-order chi connectivity index (χ0) is 22.0. The number of ether oxygens (including phenoxy) is 1. The summed E-state index contributed by atoms with van der Waals surface area (Å²) in [6.07, 6.45) is 1.78. The first-order valence-corrected chi connectivity index (χ1v) is 11.0. The molecule has 31 heavy (non-hydrogen) atoms. The first kappa shape index (κ1) is 21.5. The Labute approximate surface area is 196 Å². The van der Waals surface area contributed by atoms with Crippen LogP contribution in [0.2, 0.25) is 0 Å². The third-order valence-electron chi connectivity index (χ3n) is 4.70. The number of nitrogens with zero attached hydrogens (tertiary/aromatic N) is 2. The fraction of sp³-hybridized carbons (Fsp3) is 0.0833. The summed E-state index contributed by atoms with van der Waals surface area (Å²) < 4.78 is 20.8. The zero-order valence-corrected chi connectivity index (χ0v) is 19.7. The number of anilines is 1. The predicted octanol–water partition coefficient (Wildman–Crippen LogP) is 6.74. The van der Waals surface area contributed by atoms with Crippen molar-refractivity contribution in [1.82, 2.24) is 0 Å². The van der Waals surface area contributed by atoms with E-state index in [1.54, 1.807) is 25.1 Å². The Hall–Kier alpha value is -2.77. The van der Waals surface area contributed by atoms with Crippen LogP contribution in [0.15, 0.2) is 86.3 Å². The Morgan fingerprint density at radius 1 is 1.06 bits per heavy atom. The van der Waals surface area contributed by atoms with Gasteiger partial charge in [0.15, 0.2) is 0 Å². The van der Waals surface area contributed by atoms with Gasteiger partial charge in [0.25, 0.3) is 5.91 Å². The molecule has 0 atom stereocenters. The van der Waals surface area contributed by atoms with Gasteiger partial charge in [-0.15, -0.1) is 0 Å². The number of hydrogen-bond acceptors (Lipinski definition) is 3. The number of rotatable bonds is 5.